The Balaban J connectivity index is 1.22. The zero-order valence-corrected chi connectivity index (χ0v) is 18.8. The van der Waals surface area contributed by atoms with Crippen molar-refractivity contribution in [3.63, 3.8) is 0 Å². The van der Waals surface area contributed by atoms with Gasteiger partial charge in [-0.15, -0.1) is 0 Å². The molecule has 1 saturated heterocycles. The average molecular weight is 472 g/mol. The number of hydrogen-bond acceptors (Lipinski definition) is 5. The first-order valence-electron chi connectivity index (χ1n) is 11.4. The van der Waals surface area contributed by atoms with Crippen molar-refractivity contribution in [1.29, 1.82) is 0 Å². The van der Waals surface area contributed by atoms with Crippen LogP contribution in [0.1, 0.15) is 33.8 Å². The van der Waals surface area contributed by atoms with Gasteiger partial charge in [-0.3, -0.25) is 10.1 Å². The molecule has 1 aliphatic carbocycles. The summed E-state index contributed by atoms with van der Waals surface area (Å²) in [6.45, 7) is 0.448. The number of hydrogen-bond donors (Lipinski definition) is 3. The summed E-state index contributed by atoms with van der Waals surface area (Å²) in [7, 11) is 0. The lowest BCUT2D eigenvalue weighted by Gasteiger charge is -2.17. The lowest BCUT2D eigenvalue weighted by Crippen LogP contribution is -2.44. The third kappa shape index (κ3) is 4.61. The molecule has 2 atom stereocenters. The van der Waals surface area contributed by atoms with Gasteiger partial charge < -0.3 is 19.9 Å². The molecule has 3 aromatic rings. The topological polar surface area (TPSA) is 114 Å². The molecule has 0 bridgehead atoms. The van der Waals surface area contributed by atoms with Gasteiger partial charge >= 0.3 is 12.1 Å². The molecule has 1 aliphatic heterocycles. The predicted molar refractivity (Wildman–Crippen MR) is 128 cm³/mol. The average Bonchev–Trinajstić information content (AvgIpc) is 3.45. The molecule has 0 radical (unpaired) electrons. The summed E-state index contributed by atoms with van der Waals surface area (Å²) in [5, 5.41) is 14.6. The standard InChI is InChI=1S/C27H24N2O6/c30-25(29-23-12-13-34-24(23)26(31)32)16-6-5-7-17(14-16)28-27(33)35-15-22-20-10-3-1-8-18(20)19-9-2-4-11-21(19)22/h1-11,14,22-24H,12-13,15H2,(H,28,33)(H,29,30)(H,31,32)/t23-,24+/m1/s1. The van der Waals surface area contributed by atoms with Gasteiger partial charge in [0.1, 0.15) is 6.61 Å². The van der Waals surface area contributed by atoms with Gasteiger partial charge in [0.2, 0.25) is 0 Å². The SMILES string of the molecule is O=C(Nc1cccc(C(=O)N[C@@H]2CCO[C@@H]2C(=O)O)c1)OCC1c2ccccc2-c2ccccc21. The van der Waals surface area contributed by atoms with Crippen molar-refractivity contribution in [2.24, 2.45) is 0 Å². The Labute approximate surface area is 201 Å². The molecule has 1 heterocycles. The van der Waals surface area contributed by atoms with E-state index >= 15 is 0 Å². The second kappa shape index (κ2) is 9.60. The van der Waals surface area contributed by atoms with E-state index in [0.29, 0.717) is 12.1 Å². The minimum atomic E-state index is -1.11. The fourth-order valence-electron chi connectivity index (χ4n) is 4.72. The molecule has 0 aromatic heterocycles. The van der Waals surface area contributed by atoms with Gasteiger partial charge in [-0.2, -0.15) is 0 Å². The maximum atomic E-state index is 12.6. The molecular weight excluding hydrogens is 448 g/mol. The number of carboxylic acids is 1. The normalized spacial score (nSPS) is 18.4. The summed E-state index contributed by atoms with van der Waals surface area (Å²) < 4.78 is 10.7. The molecule has 1 fully saturated rings. The zero-order chi connectivity index (χ0) is 24.4. The highest BCUT2D eigenvalue weighted by molar-refractivity contribution is 5.96. The van der Waals surface area contributed by atoms with Crippen LogP contribution in [0.25, 0.3) is 11.1 Å². The number of carbonyl (C=O) groups excluding carboxylic acids is 2. The molecule has 2 aliphatic rings. The number of anilines is 1. The molecular formula is C27H24N2O6. The molecule has 3 N–H and O–H groups in total. The number of amides is 2. The smallest absolute Gasteiger partial charge is 0.411 e. The summed E-state index contributed by atoms with van der Waals surface area (Å²) in [4.78, 5) is 36.5. The molecule has 35 heavy (non-hydrogen) atoms. The number of rotatable bonds is 6. The molecule has 0 spiro atoms. The second-order valence-corrected chi connectivity index (χ2v) is 8.53. The van der Waals surface area contributed by atoms with Crippen LogP contribution in [0.2, 0.25) is 0 Å². The zero-order valence-electron chi connectivity index (χ0n) is 18.8. The third-order valence-corrected chi connectivity index (χ3v) is 6.37. The molecule has 0 unspecified atom stereocenters. The summed E-state index contributed by atoms with van der Waals surface area (Å²) in [6.07, 6.45) is -1.28. The van der Waals surface area contributed by atoms with Gasteiger partial charge in [-0.05, 0) is 46.9 Å². The van der Waals surface area contributed by atoms with E-state index in [-0.39, 0.29) is 24.7 Å². The lowest BCUT2D eigenvalue weighted by molar-refractivity contribution is -0.148. The number of carboxylic acid groups (broad SMARTS) is 1. The highest BCUT2D eigenvalue weighted by Crippen LogP contribution is 2.44. The Morgan fingerprint density at radius 3 is 2.31 bits per heavy atom. The Kier molecular flexibility index (Phi) is 6.20. The van der Waals surface area contributed by atoms with Crippen molar-refractivity contribution in [2.75, 3.05) is 18.5 Å². The molecule has 3 aromatic carbocycles. The maximum absolute atomic E-state index is 12.6. The van der Waals surface area contributed by atoms with Crippen LogP contribution >= 0.6 is 0 Å². The first-order valence-corrected chi connectivity index (χ1v) is 11.4. The van der Waals surface area contributed by atoms with Crippen LogP contribution in [0.5, 0.6) is 0 Å². The van der Waals surface area contributed by atoms with Crippen LogP contribution in [-0.4, -0.2) is 48.4 Å². The Bertz CT molecular complexity index is 1240. The van der Waals surface area contributed by atoms with Crippen LogP contribution in [0.15, 0.2) is 72.8 Å². The van der Waals surface area contributed by atoms with E-state index < -0.39 is 30.1 Å². The first-order chi connectivity index (χ1) is 17.0. The van der Waals surface area contributed by atoms with Gasteiger partial charge in [-0.1, -0.05) is 54.6 Å². The predicted octanol–water partition coefficient (Wildman–Crippen LogP) is 4.02. The van der Waals surface area contributed by atoms with E-state index in [4.69, 9.17) is 9.47 Å². The lowest BCUT2D eigenvalue weighted by atomic mass is 9.98. The molecule has 5 rings (SSSR count). The van der Waals surface area contributed by atoms with Gasteiger partial charge in [0.05, 0.1) is 6.04 Å². The number of fused-ring (bicyclic) bond motifs is 3. The quantitative estimate of drug-likeness (QED) is 0.499. The van der Waals surface area contributed by atoms with Crippen molar-refractivity contribution >= 4 is 23.7 Å². The van der Waals surface area contributed by atoms with Gasteiger partial charge in [-0.25, -0.2) is 9.59 Å². The minimum Gasteiger partial charge on any atom is -0.479 e. The second-order valence-electron chi connectivity index (χ2n) is 8.53. The van der Waals surface area contributed by atoms with E-state index in [1.54, 1.807) is 18.2 Å². The summed E-state index contributed by atoms with van der Waals surface area (Å²) in [5.41, 5.74) is 5.22. The summed E-state index contributed by atoms with van der Waals surface area (Å²) in [5.74, 6) is -1.61. The van der Waals surface area contributed by atoms with E-state index in [2.05, 4.69) is 22.8 Å². The Morgan fingerprint density at radius 1 is 0.943 bits per heavy atom. The van der Waals surface area contributed by atoms with Crippen LogP contribution < -0.4 is 10.6 Å². The molecule has 8 heteroatoms. The van der Waals surface area contributed by atoms with Crippen LogP contribution in [0.4, 0.5) is 10.5 Å². The number of carbonyl (C=O) groups is 3. The molecule has 2 amide bonds. The van der Waals surface area contributed by atoms with Crippen LogP contribution in [-0.2, 0) is 14.3 Å². The van der Waals surface area contributed by atoms with Crippen molar-refractivity contribution in [3.8, 4) is 11.1 Å². The summed E-state index contributed by atoms with van der Waals surface area (Å²) >= 11 is 0. The minimum absolute atomic E-state index is 0.0546. The van der Waals surface area contributed by atoms with E-state index in [9.17, 15) is 19.5 Å². The summed E-state index contributed by atoms with van der Waals surface area (Å²) in [6, 6.07) is 22.0. The van der Waals surface area contributed by atoms with Crippen LogP contribution in [0, 0.1) is 0 Å². The van der Waals surface area contributed by atoms with E-state index in [1.807, 2.05) is 36.4 Å². The maximum Gasteiger partial charge on any atom is 0.411 e. The number of benzene rings is 3. The van der Waals surface area contributed by atoms with Crippen molar-refractivity contribution in [1.82, 2.24) is 5.32 Å². The highest BCUT2D eigenvalue weighted by Gasteiger charge is 2.35. The number of ether oxygens (including phenoxy) is 2. The third-order valence-electron chi connectivity index (χ3n) is 6.37. The van der Waals surface area contributed by atoms with Crippen molar-refractivity contribution < 1.29 is 29.0 Å². The van der Waals surface area contributed by atoms with E-state index in [0.717, 1.165) is 22.3 Å². The first kappa shape index (κ1) is 22.6. The van der Waals surface area contributed by atoms with Gasteiger partial charge in [0, 0.05) is 23.8 Å². The van der Waals surface area contributed by atoms with Gasteiger partial charge in [0.25, 0.3) is 5.91 Å². The highest BCUT2D eigenvalue weighted by atomic mass is 16.5. The Hall–Kier alpha value is -4.17. The van der Waals surface area contributed by atoms with Crippen molar-refractivity contribution in [2.45, 2.75) is 24.5 Å². The fourth-order valence-corrected chi connectivity index (χ4v) is 4.72. The van der Waals surface area contributed by atoms with Gasteiger partial charge in [0.15, 0.2) is 6.10 Å². The Morgan fingerprint density at radius 2 is 1.63 bits per heavy atom. The monoisotopic (exact) mass is 472 g/mol. The molecule has 0 saturated carbocycles. The molecule has 8 nitrogen and oxygen atoms in total. The van der Waals surface area contributed by atoms with E-state index in [1.165, 1.54) is 6.07 Å². The van der Waals surface area contributed by atoms with Crippen molar-refractivity contribution in [3.05, 3.63) is 89.5 Å². The fraction of sp³-hybridized carbons (Fsp3) is 0.222. The largest absolute Gasteiger partial charge is 0.479 e. The number of nitrogens with one attached hydrogen (secondary N) is 2. The number of aliphatic carboxylic acids is 1. The van der Waals surface area contributed by atoms with Crippen LogP contribution in [0.3, 0.4) is 0 Å². The molecule has 178 valence electrons.